The van der Waals surface area contributed by atoms with Gasteiger partial charge in [-0.15, -0.1) is 11.8 Å². The summed E-state index contributed by atoms with van der Waals surface area (Å²) >= 11 is 1.71. The van der Waals surface area contributed by atoms with E-state index in [4.69, 9.17) is 5.11 Å². The van der Waals surface area contributed by atoms with Crippen molar-refractivity contribution in [2.75, 3.05) is 30.1 Å². The second-order valence-corrected chi connectivity index (χ2v) is 11.1. The van der Waals surface area contributed by atoms with Crippen molar-refractivity contribution >= 4 is 34.3 Å². The number of likely N-dealkylation sites (N-methyl/N-ethyl adjacent to an activating group) is 1. The first-order valence-electron chi connectivity index (χ1n) is 13.3. The smallest absolute Gasteiger partial charge is 0.243 e. The van der Waals surface area contributed by atoms with Gasteiger partial charge in [-0.1, -0.05) is 70.8 Å². The number of nitrogens with zero attached hydrogens (tertiary/aromatic N) is 1. The maximum Gasteiger partial charge on any atom is 0.243 e. The van der Waals surface area contributed by atoms with Gasteiger partial charge in [0.15, 0.2) is 0 Å². The van der Waals surface area contributed by atoms with Crippen molar-refractivity contribution in [3.8, 4) is 11.8 Å². The minimum atomic E-state index is -0.231. The summed E-state index contributed by atoms with van der Waals surface area (Å²) in [6.45, 7) is 6.39. The number of aryl methyl sites for hydroxylation is 1. The van der Waals surface area contributed by atoms with Crippen molar-refractivity contribution in [2.24, 2.45) is 5.92 Å². The summed E-state index contributed by atoms with van der Waals surface area (Å²) in [5.74, 6) is 7.39. The zero-order valence-corrected chi connectivity index (χ0v) is 22.8. The number of aliphatic hydroxyl groups is 1. The number of thioether (sulfide) groups is 1. The van der Waals surface area contributed by atoms with Crippen LogP contribution in [0, 0.1) is 17.8 Å². The van der Waals surface area contributed by atoms with Crippen molar-refractivity contribution in [2.45, 2.75) is 84.2 Å². The van der Waals surface area contributed by atoms with Gasteiger partial charge in [-0.2, -0.15) is 0 Å². The average molecular weight is 498 g/mol. The second-order valence-electron chi connectivity index (χ2n) is 10.1. The van der Waals surface area contributed by atoms with Crippen LogP contribution in [0.3, 0.4) is 0 Å². The number of H-pyrrole nitrogens is 1. The molecule has 1 aliphatic heterocycles. The first kappa shape index (κ1) is 27.5. The van der Waals surface area contributed by atoms with E-state index >= 15 is 0 Å². The molecule has 3 rings (SSSR count). The van der Waals surface area contributed by atoms with Crippen molar-refractivity contribution in [3.63, 3.8) is 0 Å². The number of carbonyl (C=O) groups is 1. The van der Waals surface area contributed by atoms with Gasteiger partial charge in [-0.05, 0) is 42.4 Å². The van der Waals surface area contributed by atoms with Crippen LogP contribution in [0.2, 0.25) is 0 Å². The van der Waals surface area contributed by atoms with Crippen LogP contribution in [-0.2, 0) is 17.6 Å². The third-order valence-electron chi connectivity index (χ3n) is 6.99. The van der Waals surface area contributed by atoms with E-state index in [-0.39, 0.29) is 30.5 Å². The van der Waals surface area contributed by atoms with Crippen LogP contribution in [0.15, 0.2) is 18.3 Å². The van der Waals surface area contributed by atoms with Crippen molar-refractivity contribution < 1.29 is 9.90 Å². The topological polar surface area (TPSA) is 68.4 Å². The number of hydrogen-bond donors (Lipinski definition) is 3. The number of benzene rings is 1. The molecule has 0 fully saturated rings. The predicted octanol–water partition coefficient (Wildman–Crippen LogP) is 5.30. The molecule has 0 saturated carbocycles. The van der Waals surface area contributed by atoms with E-state index in [1.165, 1.54) is 60.6 Å². The molecule has 0 unspecified atom stereocenters. The second kappa shape index (κ2) is 13.8. The highest BCUT2D eigenvalue weighted by molar-refractivity contribution is 7.99. The zero-order chi connectivity index (χ0) is 25.2. The summed E-state index contributed by atoms with van der Waals surface area (Å²) < 4.78 is 0. The lowest BCUT2D eigenvalue weighted by Gasteiger charge is -2.33. The summed E-state index contributed by atoms with van der Waals surface area (Å²) in [6, 6.07) is 4.30. The molecule has 1 aromatic heterocycles. The third kappa shape index (κ3) is 7.21. The molecular formula is C29H43N3O2S. The Hall–Kier alpha value is -2.10. The molecule has 1 aromatic carbocycles. The van der Waals surface area contributed by atoms with E-state index in [1.54, 1.807) is 11.8 Å². The third-order valence-corrected chi connectivity index (χ3v) is 7.98. The molecule has 0 bridgehead atoms. The molecule has 5 nitrogen and oxygen atoms in total. The molecule has 2 aromatic rings. The van der Waals surface area contributed by atoms with Gasteiger partial charge >= 0.3 is 0 Å². The molecule has 0 aliphatic carbocycles. The SMILES string of the molecule is CCCCCCCCc1ccc2c3c(c[nH]c13)C[C@@H](CSCC#CCO)NC(=O)[C@H](C(C)C)N2C. The molecule has 1 amide bonds. The van der Waals surface area contributed by atoms with Crippen LogP contribution < -0.4 is 10.2 Å². The molecular weight excluding hydrogens is 454 g/mol. The summed E-state index contributed by atoms with van der Waals surface area (Å²) in [6.07, 6.45) is 11.8. The van der Waals surface area contributed by atoms with Crippen LogP contribution in [0.5, 0.6) is 0 Å². The Labute approximate surface area is 215 Å². The predicted molar refractivity (Wildman–Crippen MR) is 150 cm³/mol. The molecule has 6 heteroatoms. The number of amides is 1. The van der Waals surface area contributed by atoms with Gasteiger partial charge in [0.05, 0.1) is 11.3 Å². The van der Waals surface area contributed by atoms with E-state index in [9.17, 15) is 4.79 Å². The number of unbranched alkanes of at least 4 members (excludes halogenated alkanes) is 5. The van der Waals surface area contributed by atoms with Gasteiger partial charge in [-0.3, -0.25) is 4.79 Å². The summed E-state index contributed by atoms with van der Waals surface area (Å²) in [5.41, 5.74) is 5.01. The largest absolute Gasteiger partial charge is 0.384 e. The van der Waals surface area contributed by atoms with Crippen LogP contribution in [0.4, 0.5) is 5.69 Å². The number of carbonyl (C=O) groups excluding carboxylic acids is 1. The molecule has 192 valence electrons. The van der Waals surface area contributed by atoms with Gasteiger partial charge in [0.25, 0.3) is 0 Å². The van der Waals surface area contributed by atoms with Gasteiger partial charge < -0.3 is 20.3 Å². The summed E-state index contributed by atoms with van der Waals surface area (Å²) in [5, 5.41) is 13.5. The quantitative estimate of drug-likeness (QED) is 0.291. The molecule has 2 atom stereocenters. The number of hydrogen-bond acceptors (Lipinski definition) is 4. The Morgan fingerprint density at radius 2 is 1.94 bits per heavy atom. The van der Waals surface area contributed by atoms with Crippen LogP contribution in [0.25, 0.3) is 10.9 Å². The van der Waals surface area contributed by atoms with Gasteiger partial charge in [-0.25, -0.2) is 0 Å². The monoisotopic (exact) mass is 497 g/mol. The van der Waals surface area contributed by atoms with Gasteiger partial charge in [0.2, 0.25) is 5.91 Å². The fourth-order valence-corrected chi connectivity index (χ4v) is 6.06. The minimum Gasteiger partial charge on any atom is -0.384 e. The fraction of sp³-hybridized carbons (Fsp3) is 0.621. The Kier molecular flexibility index (Phi) is 10.9. The lowest BCUT2D eigenvalue weighted by molar-refractivity contribution is -0.123. The minimum absolute atomic E-state index is 0.0326. The maximum atomic E-state index is 13.4. The van der Waals surface area contributed by atoms with Crippen LogP contribution in [0.1, 0.15) is 70.4 Å². The Morgan fingerprint density at radius 3 is 2.69 bits per heavy atom. The van der Waals surface area contributed by atoms with Crippen molar-refractivity contribution in [1.29, 1.82) is 0 Å². The number of nitrogens with one attached hydrogen (secondary N) is 2. The van der Waals surface area contributed by atoms with E-state index in [2.05, 4.69) is 73.2 Å². The lowest BCUT2D eigenvalue weighted by Crippen LogP contribution is -2.51. The average Bonchev–Trinajstić information content (AvgIpc) is 3.25. The first-order valence-corrected chi connectivity index (χ1v) is 14.4. The van der Waals surface area contributed by atoms with Gasteiger partial charge in [0, 0.05) is 36.1 Å². The standard InChI is InChI=1S/C29H43N3O2S/c1-5-6-7-8-9-10-13-22-14-15-25-26-23(19-30-27(22)26)18-24(20-35-17-12-11-16-33)31-29(34)28(21(2)3)32(25)4/h14-15,19,21,24,28,30,33H,5-10,13,16-18,20H2,1-4H3,(H,31,34)/t24-,28-/m0/s1. The van der Waals surface area contributed by atoms with E-state index in [1.807, 2.05) is 0 Å². The molecule has 3 N–H and O–H groups in total. The molecule has 2 heterocycles. The number of anilines is 1. The number of aliphatic hydroxyl groups excluding tert-OH is 1. The van der Waals surface area contributed by atoms with E-state index < -0.39 is 0 Å². The highest BCUT2D eigenvalue weighted by atomic mass is 32.2. The highest BCUT2D eigenvalue weighted by Crippen LogP contribution is 2.36. The summed E-state index contributed by atoms with van der Waals surface area (Å²) in [4.78, 5) is 19.2. The molecule has 0 saturated heterocycles. The number of aromatic nitrogens is 1. The Morgan fingerprint density at radius 1 is 1.17 bits per heavy atom. The zero-order valence-electron chi connectivity index (χ0n) is 22.0. The molecule has 1 aliphatic rings. The molecule has 35 heavy (non-hydrogen) atoms. The number of rotatable bonds is 11. The lowest BCUT2D eigenvalue weighted by atomic mass is 9.97. The van der Waals surface area contributed by atoms with Crippen LogP contribution in [-0.4, -0.2) is 53.2 Å². The highest BCUT2D eigenvalue weighted by Gasteiger charge is 2.32. The Balaban J connectivity index is 1.88. The van der Waals surface area contributed by atoms with Crippen LogP contribution >= 0.6 is 11.8 Å². The maximum absolute atomic E-state index is 13.4. The van der Waals surface area contributed by atoms with Gasteiger partial charge in [0.1, 0.15) is 12.6 Å². The van der Waals surface area contributed by atoms with E-state index in [0.29, 0.717) is 5.75 Å². The number of aromatic amines is 1. The van der Waals surface area contributed by atoms with E-state index in [0.717, 1.165) is 24.3 Å². The molecule has 0 radical (unpaired) electrons. The normalized spacial score (nSPS) is 18.1. The summed E-state index contributed by atoms with van der Waals surface area (Å²) in [7, 11) is 2.06. The van der Waals surface area contributed by atoms with Crippen molar-refractivity contribution in [1.82, 2.24) is 10.3 Å². The van der Waals surface area contributed by atoms with Crippen molar-refractivity contribution in [3.05, 3.63) is 29.5 Å². The fourth-order valence-electron chi connectivity index (χ4n) is 5.25. The Bertz CT molecular complexity index is 1020. The molecule has 0 spiro atoms. The first-order chi connectivity index (χ1) is 17.0.